The SMILES string of the molecule is CCC[C@@H](N)c1nc(Cc2ccc(Cl)cc2Cl)no1. The van der Waals surface area contributed by atoms with E-state index in [2.05, 4.69) is 17.1 Å². The smallest absolute Gasteiger partial charge is 0.243 e. The standard InChI is InChI=1S/C13H15Cl2N3O/c1-2-3-11(16)13-17-12(18-19-13)6-8-4-5-9(14)7-10(8)15/h4-5,7,11H,2-3,6,16H2,1H3/t11-/m1/s1. The molecular formula is C13H15Cl2N3O. The molecule has 19 heavy (non-hydrogen) atoms. The zero-order valence-corrected chi connectivity index (χ0v) is 12.1. The highest BCUT2D eigenvalue weighted by Crippen LogP contribution is 2.23. The van der Waals surface area contributed by atoms with E-state index in [-0.39, 0.29) is 6.04 Å². The summed E-state index contributed by atoms with van der Waals surface area (Å²) in [5.41, 5.74) is 6.83. The number of halogens is 2. The monoisotopic (exact) mass is 299 g/mol. The van der Waals surface area contributed by atoms with E-state index >= 15 is 0 Å². The molecule has 2 aromatic rings. The van der Waals surface area contributed by atoms with Crippen molar-refractivity contribution in [1.82, 2.24) is 10.1 Å². The lowest BCUT2D eigenvalue weighted by atomic mass is 10.1. The van der Waals surface area contributed by atoms with Crippen LogP contribution in [-0.4, -0.2) is 10.1 Å². The Morgan fingerprint density at radius 1 is 1.37 bits per heavy atom. The minimum absolute atomic E-state index is 0.202. The van der Waals surface area contributed by atoms with E-state index in [1.807, 2.05) is 6.07 Å². The predicted molar refractivity (Wildman–Crippen MR) is 75.4 cm³/mol. The van der Waals surface area contributed by atoms with Gasteiger partial charge in [0, 0.05) is 16.5 Å². The molecule has 0 aliphatic rings. The fourth-order valence-corrected chi connectivity index (χ4v) is 2.24. The molecule has 0 saturated carbocycles. The van der Waals surface area contributed by atoms with E-state index < -0.39 is 0 Å². The molecule has 6 heteroatoms. The van der Waals surface area contributed by atoms with Crippen molar-refractivity contribution in [3.63, 3.8) is 0 Å². The van der Waals surface area contributed by atoms with Gasteiger partial charge in [-0.3, -0.25) is 0 Å². The average Bonchev–Trinajstić information content (AvgIpc) is 2.82. The van der Waals surface area contributed by atoms with Crippen molar-refractivity contribution >= 4 is 23.2 Å². The molecule has 0 fully saturated rings. The molecule has 1 heterocycles. The van der Waals surface area contributed by atoms with Gasteiger partial charge in [0.25, 0.3) is 0 Å². The van der Waals surface area contributed by atoms with Crippen molar-refractivity contribution in [1.29, 1.82) is 0 Å². The maximum Gasteiger partial charge on any atom is 0.243 e. The Morgan fingerprint density at radius 2 is 2.16 bits per heavy atom. The summed E-state index contributed by atoms with van der Waals surface area (Å²) in [6.07, 6.45) is 2.30. The number of nitrogens with two attached hydrogens (primary N) is 1. The van der Waals surface area contributed by atoms with Crippen LogP contribution in [0.25, 0.3) is 0 Å². The van der Waals surface area contributed by atoms with Crippen LogP contribution in [0.4, 0.5) is 0 Å². The normalized spacial score (nSPS) is 12.6. The van der Waals surface area contributed by atoms with Crippen LogP contribution in [0.5, 0.6) is 0 Å². The summed E-state index contributed by atoms with van der Waals surface area (Å²) in [5.74, 6) is 1.05. The van der Waals surface area contributed by atoms with Gasteiger partial charge in [0.05, 0.1) is 6.04 Å². The molecule has 2 N–H and O–H groups in total. The maximum absolute atomic E-state index is 6.10. The zero-order valence-electron chi connectivity index (χ0n) is 10.6. The number of rotatable bonds is 5. The number of nitrogens with zero attached hydrogens (tertiary/aromatic N) is 2. The summed E-state index contributed by atoms with van der Waals surface area (Å²) in [6.45, 7) is 2.06. The Morgan fingerprint density at radius 3 is 2.84 bits per heavy atom. The Hall–Kier alpha value is -1.10. The fourth-order valence-electron chi connectivity index (χ4n) is 1.76. The van der Waals surface area contributed by atoms with E-state index in [1.54, 1.807) is 12.1 Å². The minimum atomic E-state index is -0.202. The quantitative estimate of drug-likeness (QED) is 0.913. The maximum atomic E-state index is 6.10. The lowest BCUT2D eigenvalue weighted by Gasteiger charge is -2.02. The Labute approximate surface area is 121 Å². The van der Waals surface area contributed by atoms with Gasteiger partial charge >= 0.3 is 0 Å². The second-order valence-electron chi connectivity index (χ2n) is 4.36. The molecule has 4 nitrogen and oxygen atoms in total. The van der Waals surface area contributed by atoms with Gasteiger partial charge in [0.15, 0.2) is 5.82 Å². The second-order valence-corrected chi connectivity index (χ2v) is 5.20. The van der Waals surface area contributed by atoms with E-state index in [0.717, 1.165) is 18.4 Å². The third-order valence-electron chi connectivity index (χ3n) is 2.76. The van der Waals surface area contributed by atoms with Crippen LogP contribution < -0.4 is 5.73 Å². The van der Waals surface area contributed by atoms with Gasteiger partial charge in [-0.05, 0) is 24.1 Å². The Balaban J connectivity index is 2.11. The topological polar surface area (TPSA) is 64.9 Å². The second kappa shape index (κ2) is 6.37. The van der Waals surface area contributed by atoms with Crippen LogP contribution in [-0.2, 0) is 6.42 Å². The van der Waals surface area contributed by atoms with Crippen LogP contribution >= 0.6 is 23.2 Å². The van der Waals surface area contributed by atoms with Gasteiger partial charge in [0.1, 0.15) is 0 Å². The third-order valence-corrected chi connectivity index (χ3v) is 3.35. The van der Waals surface area contributed by atoms with Crippen molar-refractivity contribution in [2.24, 2.45) is 5.73 Å². The lowest BCUT2D eigenvalue weighted by Crippen LogP contribution is -2.10. The molecule has 0 aliphatic heterocycles. The number of hydrogen-bond acceptors (Lipinski definition) is 4. The first-order valence-electron chi connectivity index (χ1n) is 6.12. The largest absolute Gasteiger partial charge is 0.338 e. The fraction of sp³-hybridized carbons (Fsp3) is 0.385. The van der Waals surface area contributed by atoms with Crippen LogP contribution in [0, 0.1) is 0 Å². The third kappa shape index (κ3) is 3.69. The number of benzene rings is 1. The van der Waals surface area contributed by atoms with Gasteiger partial charge in [-0.25, -0.2) is 0 Å². The van der Waals surface area contributed by atoms with Gasteiger partial charge in [0.2, 0.25) is 5.89 Å². The molecule has 0 aliphatic carbocycles. The van der Waals surface area contributed by atoms with E-state index in [1.165, 1.54) is 0 Å². The first kappa shape index (κ1) is 14.3. The van der Waals surface area contributed by atoms with Crippen LogP contribution in [0.15, 0.2) is 22.7 Å². The summed E-state index contributed by atoms with van der Waals surface area (Å²) in [6, 6.07) is 5.13. The molecule has 1 atom stereocenters. The highest BCUT2D eigenvalue weighted by atomic mass is 35.5. The molecule has 2 rings (SSSR count). The molecule has 1 aromatic carbocycles. The van der Waals surface area contributed by atoms with Gasteiger partial charge in [-0.15, -0.1) is 0 Å². The molecular weight excluding hydrogens is 285 g/mol. The minimum Gasteiger partial charge on any atom is -0.338 e. The summed E-state index contributed by atoms with van der Waals surface area (Å²) in [5, 5.41) is 5.12. The lowest BCUT2D eigenvalue weighted by molar-refractivity contribution is 0.345. The molecule has 0 unspecified atom stereocenters. The molecule has 1 aromatic heterocycles. The van der Waals surface area contributed by atoms with Crippen LogP contribution in [0.1, 0.15) is 43.1 Å². The molecule has 0 saturated heterocycles. The Bertz CT molecular complexity index is 557. The van der Waals surface area contributed by atoms with Crippen molar-refractivity contribution in [2.45, 2.75) is 32.2 Å². The Kier molecular flexibility index (Phi) is 4.80. The van der Waals surface area contributed by atoms with Crippen LogP contribution in [0.3, 0.4) is 0 Å². The van der Waals surface area contributed by atoms with Crippen molar-refractivity contribution in [3.8, 4) is 0 Å². The first-order valence-corrected chi connectivity index (χ1v) is 6.87. The summed E-state index contributed by atoms with van der Waals surface area (Å²) in [7, 11) is 0. The summed E-state index contributed by atoms with van der Waals surface area (Å²) in [4.78, 5) is 4.29. The first-order chi connectivity index (χ1) is 9.10. The van der Waals surface area contributed by atoms with Gasteiger partial charge in [-0.1, -0.05) is 47.8 Å². The number of aromatic nitrogens is 2. The highest BCUT2D eigenvalue weighted by Gasteiger charge is 2.14. The van der Waals surface area contributed by atoms with Gasteiger partial charge in [-0.2, -0.15) is 4.98 Å². The molecule has 0 bridgehead atoms. The average molecular weight is 300 g/mol. The van der Waals surface area contributed by atoms with Crippen LogP contribution in [0.2, 0.25) is 10.0 Å². The van der Waals surface area contributed by atoms with Crippen molar-refractivity contribution in [3.05, 3.63) is 45.5 Å². The van der Waals surface area contributed by atoms with Crippen molar-refractivity contribution < 1.29 is 4.52 Å². The van der Waals surface area contributed by atoms with Gasteiger partial charge < -0.3 is 10.3 Å². The summed E-state index contributed by atoms with van der Waals surface area (Å²) < 4.78 is 5.16. The molecule has 0 amide bonds. The van der Waals surface area contributed by atoms with Crippen molar-refractivity contribution in [2.75, 3.05) is 0 Å². The predicted octanol–water partition coefficient (Wildman–Crippen LogP) is 3.77. The summed E-state index contributed by atoms with van der Waals surface area (Å²) >= 11 is 12.0. The number of hydrogen-bond donors (Lipinski definition) is 1. The van der Waals surface area contributed by atoms with E-state index in [9.17, 15) is 0 Å². The molecule has 0 spiro atoms. The zero-order chi connectivity index (χ0) is 13.8. The molecule has 102 valence electrons. The molecule has 0 radical (unpaired) electrons. The van der Waals surface area contributed by atoms with E-state index in [0.29, 0.717) is 28.2 Å². The highest BCUT2D eigenvalue weighted by molar-refractivity contribution is 6.35. The van der Waals surface area contributed by atoms with E-state index in [4.69, 9.17) is 33.5 Å².